The van der Waals surface area contributed by atoms with Crippen molar-refractivity contribution < 1.29 is 4.79 Å². The molecule has 0 bridgehead atoms. The summed E-state index contributed by atoms with van der Waals surface area (Å²) in [6.07, 6.45) is 4.65. The van der Waals surface area contributed by atoms with Crippen LogP contribution in [0.3, 0.4) is 0 Å². The molecule has 1 aliphatic carbocycles. The Morgan fingerprint density at radius 3 is 2.10 bits per heavy atom. The number of allylic oxidation sites excluding steroid dienone is 2. The number of carbonyl (C=O) groups excluding carboxylic acids is 1. The first-order valence-corrected chi connectivity index (χ1v) is 8.60. The van der Waals surface area contributed by atoms with Gasteiger partial charge in [0.1, 0.15) is 0 Å². The Hall–Kier alpha value is -0.630. The maximum Gasteiger partial charge on any atom is 0.153 e. The van der Waals surface area contributed by atoms with Crippen molar-refractivity contribution in [1.82, 2.24) is 4.90 Å². The normalized spacial score (nSPS) is 25.0. The second-order valence-electron chi connectivity index (χ2n) is 8.93. The minimum atomic E-state index is 0.102. The van der Waals surface area contributed by atoms with E-state index in [4.69, 9.17) is 0 Å². The molecule has 0 aromatic carbocycles. The SMILES string of the molecule is CC(C)(C)C1=C(C(C)(C)C)C(C(=O)CN2CCCC2)CC1. The summed E-state index contributed by atoms with van der Waals surface area (Å²) in [7, 11) is 0. The number of hydrogen-bond acceptors (Lipinski definition) is 2. The van der Waals surface area contributed by atoms with Crippen molar-refractivity contribution in [3.05, 3.63) is 11.1 Å². The first kappa shape index (κ1) is 16.7. The van der Waals surface area contributed by atoms with Crippen LogP contribution in [0.15, 0.2) is 11.1 Å². The summed E-state index contributed by atoms with van der Waals surface area (Å²) in [6, 6.07) is 0. The van der Waals surface area contributed by atoms with Crippen LogP contribution in [-0.2, 0) is 4.79 Å². The van der Waals surface area contributed by atoms with Gasteiger partial charge >= 0.3 is 0 Å². The zero-order chi connectivity index (χ0) is 15.8. The minimum Gasteiger partial charge on any atom is -0.298 e. The molecule has 1 unspecified atom stereocenters. The van der Waals surface area contributed by atoms with Gasteiger partial charge in [0, 0.05) is 5.92 Å². The fourth-order valence-electron chi connectivity index (χ4n) is 4.13. The molecule has 120 valence electrons. The van der Waals surface area contributed by atoms with Gasteiger partial charge in [-0.05, 0) is 49.6 Å². The highest BCUT2D eigenvalue weighted by Gasteiger charge is 2.40. The van der Waals surface area contributed by atoms with Crippen LogP contribution in [0, 0.1) is 16.7 Å². The highest BCUT2D eigenvalue weighted by molar-refractivity contribution is 5.86. The summed E-state index contributed by atoms with van der Waals surface area (Å²) in [5.74, 6) is 0.626. The number of ketones is 1. The van der Waals surface area contributed by atoms with E-state index in [0.29, 0.717) is 12.3 Å². The van der Waals surface area contributed by atoms with Crippen molar-refractivity contribution >= 4 is 5.78 Å². The standard InChI is InChI=1S/C19H33NO/c1-18(2,3)15-10-9-14(17(15)19(4,5)6)16(21)13-20-11-7-8-12-20/h14H,7-13H2,1-6H3. The van der Waals surface area contributed by atoms with Crippen molar-refractivity contribution in [1.29, 1.82) is 0 Å². The van der Waals surface area contributed by atoms with E-state index < -0.39 is 0 Å². The number of carbonyl (C=O) groups is 1. The predicted octanol–water partition coefficient (Wildman–Crippen LogP) is 4.45. The van der Waals surface area contributed by atoms with E-state index in [2.05, 4.69) is 46.4 Å². The molecule has 0 radical (unpaired) electrons. The third-order valence-electron chi connectivity index (χ3n) is 5.04. The molecule has 2 aliphatic rings. The Bertz CT molecular complexity index is 427. The van der Waals surface area contributed by atoms with Gasteiger partial charge in [-0.3, -0.25) is 9.69 Å². The Kier molecular flexibility index (Phi) is 4.68. The van der Waals surface area contributed by atoms with Crippen LogP contribution in [0.25, 0.3) is 0 Å². The number of nitrogens with zero attached hydrogens (tertiary/aromatic N) is 1. The van der Waals surface area contributed by atoms with Gasteiger partial charge in [-0.25, -0.2) is 0 Å². The van der Waals surface area contributed by atoms with Gasteiger partial charge in [0.15, 0.2) is 5.78 Å². The van der Waals surface area contributed by atoms with E-state index in [1.807, 2.05) is 0 Å². The second-order valence-corrected chi connectivity index (χ2v) is 8.93. The maximum atomic E-state index is 12.9. The monoisotopic (exact) mass is 291 g/mol. The summed E-state index contributed by atoms with van der Waals surface area (Å²) in [4.78, 5) is 15.2. The number of hydrogen-bond donors (Lipinski definition) is 0. The summed E-state index contributed by atoms with van der Waals surface area (Å²) in [5.41, 5.74) is 3.27. The summed E-state index contributed by atoms with van der Waals surface area (Å²) in [5, 5.41) is 0. The van der Waals surface area contributed by atoms with Crippen LogP contribution in [0.5, 0.6) is 0 Å². The fraction of sp³-hybridized carbons (Fsp3) is 0.842. The van der Waals surface area contributed by atoms with Gasteiger partial charge in [0.2, 0.25) is 0 Å². The Morgan fingerprint density at radius 2 is 1.62 bits per heavy atom. The molecule has 21 heavy (non-hydrogen) atoms. The maximum absolute atomic E-state index is 12.9. The third kappa shape index (κ3) is 3.77. The van der Waals surface area contributed by atoms with Crippen LogP contribution in [0.1, 0.15) is 67.2 Å². The minimum absolute atomic E-state index is 0.102. The lowest BCUT2D eigenvalue weighted by atomic mass is 9.73. The molecule has 1 fully saturated rings. The molecule has 0 saturated carbocycles. The molecule has 0 aromatic rings. The molecule has 2 rings (SSSR count). The molecule has 2 heteroatoms. The van der Waals surface area contributed by atoms with Crippen molar-refractivity contribution in [2.24, 2.45) is 16.7 Å². The van der Waals surface area contributed by atoms with Crippen molar-refractivity contribution in [2.75, 3.05) is 19.6 Å². The van der Waals surface area contributed by atoms with Gasteiger partial charge in [-0.2, -0.15) is 0 Å². The summed E-state index contributed by atoms with van der Waals surface area (Å²) >= 11 is 0. The van der Waals surface area contributed by atoms with Gasteiger partial charge in [0.25, 0.3) is 0 Å². The van der Waals surface area contributed by atoms with E-state index in [9.17, 15) is 4.79 Å². The topological polar surface area (TPSA) is 20.3 Å². The first-order valence-electron chi connectivity index (χ1n) is 8.60. The molecule has 1 atom stereocenters. The summed E-state index contributed by atoms with van der Waals surface area (Å²) in [6.45, 7) is 16.6. The highest BCUT2D eigenvalue weighted by Crippen LogP contribution is 2.49. The Labute approximate surface area is 131 Å². The lowest BCUT2D eigenvalue weighted by molar-refractivity contribution is -0.123. The zero-order valence-electron chi connectivity index (χ0n) is 14.9. The number of Topliss-reactive ketones (excluding diaryl/α,β-unsaturated/α-hetero) is 1. The predicted molar refractivity (Wildman–Crippen MR) is 89.3 cm³/mol. The van der Waals surface area contributed by atoms with Crippen molar-refractivity contribution in [2.45, 2.75) is 67.2 Å². The van der Waals surface area contributed by atoms with E-state index >= 15 is 0 Å². The Morgan fingerprint density at radius 1 is 1.05 bits per heavy atom. The van der Waals surface area contributed by atoms with E-state index in [0.717, 1.165) is 25.9 Å². The average Bonchev–Trinajstić information content (AvgIpc) is 2.94. The molecule has 0 amide bonds. The van der Waals surface area contributed by atoms with Crippen LogP contribution >= 0.6 is 0 Å². The van der Waals surface area contributed by atoms with Crippen molar-refractivity contribution in [3.63, 3.8) is 0 Å². The van der Waals surface area contributed by atoms with Crippen LogP contribution in [0.2, 0.25) is 0 Å². The lowest BCUT2D eigenvalue weighted by Crippen LogP contribution is -2.33. The molecule has 0 N–H and O–H groups in total. The first-order chi connectivity index (χ1) is 9.60. The van der Waals surface area contributed by atoms with Crippen LogP contribution < -0.4 is 0 Å². The second kappa shape index (κ2) is 5.87. The van der Waals surface area contributed by atoms with Gasteiger partial charge in [-0.15, -0.1) is 0 Å². The lowest BCUT2D eigenvalue weighted by Gasteiger charge is -2.32. The highest BCUT2D eigenvalue weighted by atomic mass is 16.1. The Balaban J connectivity index is 2.22. The van der Waals surface area contributed by atoms with Crippen LogP contribution in [0.4, 0.5) is 0 Å². The summed E-state index contributed by atoms with van der Waals surface area (Å²) < 4.78 is 0. The average molecular weight is 291 g/mol. The molecular formula is C19H33NO. The molecule has 0 aromatic heterocycles. The number of rotatable bonds is 3. The molecular weight excluding hydrogens is 258 g/mol. The smallest absolute Gasteiger partial charge is 0.153 e. The fourth-order valence-corrected chi connectivity index (χ4v) is 4.13. The van der Waals surface area contributed by atoms with E-state index in [1.165, 1.54) is 24.0 Å². The largest absolute Gasteiger partial charge is 0.298 e. The number of likely N-dealkylation sites (tertiary alicyclic amines) is 1. The van der Waals surface area contributed by atoms with E-state index in [1.54, 1.807) is 0 Å². The van der Waals surface area contributed by atoms with E-state index in [-0.39, 0.29) is 16.7 Å². The van der Waals surface area contributed by atoms with Gasteiger partial charge in [-0.1, -0.05) is 52.7 Å². The molecule has 2 nitrogen and oxygen atoms in total. The molecule has 1 saturated heterocycles. The van der Waals surface area contributed by atoms with Gasteiger partial charge < -0.3 is 0 Å². The molecule has 1 heterocycles. The zero-order valence-corrected chi connectivity index (χ0v) is 14.9. The molecule has 1 aliphatic heterocycles. The molecule has 0 spiro atoms. The third-order valence-corrected chi connectivity index (χ3v) is 5.04. The van der Waals surface area contributed by atoms with Crippen LogP contribution in [-0.4, -0.2) is 30.3 Å². The quantitative estimate of drug-likeness (QED) is 0.716. The van der Waals surface area contributed by atoms with Gasteiger partial charge in [0.05, 0.1) is 6.54 Å². The van der Waals surface area contributed by atoms with Crippen molar-refractivity contribution in [3.8, 4) is 0 Å².